The van der Waals surface area contributed by atoms with E-state index in [4.69, 9.17) is 18.0 Å². The Morgan fingerprint density at radius 2 is 1.43 bits per heavy atom. The lowest BCUT2D eigenvalue weighted by molar-refractivity contribution is -0.145. The molecule has 0 aromatic rings. The summed E-state index contributed by atoms with van der Waals surface area (Å²) in [5, 5.41) is 0. The van der Waals surface area contributed by atoms with Crippen molar-refractivity contribution in [2.45, 2.75) is 65.8 Å². The topological polar surface area (TPSA) is 54.0 Å². The predicted molar refractivity (Wildman–Crippen MR) is 85.2 cm³/mol. The fourth-order valence-electron chi connectivity index (χ4n) is 2.07. The highest BCUT2D eigenvalue weighted by atomic mass is 28.4. The molecule has 0 saturated heterocycles. The molecule has 1 unspecified atom stereocenters. The molecule has 0 aliphatic rings. The normalized spacial score (nSPS) is 13.2. The van der Waals surface area contributed by atoms with E-state index in [2.05, 4.69) is 6.92 Å². The van der Waals surface area contributed by atoms with Crippen LogP contribution in [0.15, 0.2) is 0 Å². The molecule has 0 saturated carbocycles. The largest absolute Gasteiger partial charge is 0.515 e. The number of carbonyl (C=O) groups is 1. The molecule has 6 heteroatoms. The summed E-state index contributed by atoms with van der Waals surface area (Å²) >= 11 is 0. The van der Waals surface area contributed by atoms with Crippen LogP contribution in [0.2, 0.25) is 5.54 Å². The van der Waals surface area contributed by atoms with Crippen molar-refractivity contribution >= 4 is 14.8 Å². The van der Waals surface area contributed by atoms with Crippen LogP contribution in [0.4, 0.5) is 0 Å². The Balaban J connectivity index is 4.54. The molecule has 0 aromatic carbocycles. The summed E-state index contributed by atoms with van der Waals surface area (Å²) < 4.78 is 22.5. The quantitative estimate of drug-likeness (QED) is 0.295. The van der Waals surface area contributed by atoms with E-state index in [1.54, 1.807) is 6.92 Å². The van der Waals surface area contributed by atoms with Crippen LogP contribution in [0.5, 0.6) is 0 Å². The molecule has 126 valence electrons. The van der Waals surface area contributed by atoms with Crippen molar-refractivity contribution in [1.82, 2.24) is 0 Å². The molecule has 0 aromatic heterocycles. The van der Waals surface area contributed by atoms with E-state index in [0.717, 1.165) is 12.8 Å². The minimum Gasteiger partial charge on any atom is -0.465 e. The average Bonchev–Trinajstić information content (AvgIpc) is 2.46. The Hall–Kier alpha value is -0.433. The van der Waals surface area contributed by atoms with Crippen molar-refractivity contribution in [2.75, 3.05) is 26.4 Å². The van der Waals surface area contributed by atoms with Crippen LogP contribution in [-0.4, -0.2) is 41.2 Å². The van der Waals surface area contributed by atoms with Crippen LogP contribution in [-0.2, 0) is 22.8 Å². The van der Waals surface area contributed by atoms with Crippen molar-refractivity contribution < 1.29 is 22.8 Å². The number of ether oxygens (including phenoxy) is 1. The minimum atomic E-state index is -3.01. The first-order valence-corrected chi connectivity index (χ1v) is 9.96. The van der Waals surface area contributed by atoms with Gasteiger partial charge in [0.05, 0.1) is 6.61 Å². The summed E-state index contributed by atoms with van der Waals surface area (Å²) in [6.07, 6.45) is 4.32. The number of hydrogen-bond donors (Lipinski definition) is 0. The molecule has 0 amide bonds. The summed E-state index contributed by atoms with van der Waals surface area (Å²) in [5.41, 5.74) is -0.497. The van der Waals surface area contributed by atoms with Gasteiger partial charge in [0, 0.05) is 19.8 Å². The van der Waals surface area contributed by atoms with Crippen LogP contribution < -0.4 is 0 Å². The third-order valence-electron chi connectivity index (χ3n) is 3.16. The highest BCUT2D eigenvalue weighted by molar-refractivity contribution is 6.66. The maximum absolute atomic E-state index is 12.2. The zero-order valence-electron chi connectivity index (χ0n) is 14.3. The molecular weight excluding hydrogens is 288 g/mol. The monoisotopic (exact) mass is 320 g/mol. The van der Waals surface area contributed by atoms with Crippen LogP contribution >= 0.6 is 0 Å². The zero-order valence-corrected chi connectivity index (χ0v) is 15.3. The first-order chi connectivity index (χ1) is 10.1. The van der Waals surface area contributed by atoms with Crippen molar-refractivity contribution in [3.63, 3.8) is 0 Å². The molecule has 0 spiro atoms. The number of esters is 1. The van der Waals surface area contributed by atoms with Gasteiger partial charge in [-0.15, -0.1) is 0 Å². The van der Waals surface area contributed by atoms with Gasteiger partial charge in [0.1, 0.15) is 5.54 Å². The van der Waals surface area contributed by atoms with Gasteiger partial charge in [0.15, 0.2) is 0 Å². The summed E-state index contributed by atoms with van der Waals surface area (Å²) in [4.78, 5) is 12.2. The highest BCUT2D eigenvalue weighted by Crippen LogP contribution is 2.27. The third kappa shape index (κ3) is 7.40. The average molecular weight is 321 g/mol. The lowest BCUT2D eigenvalue weighted by Crippen LogP contribution is -2.52. The molecule has 5 nitrogen and oxygen atoms in total. The summed E-state index contributed by atoms with van der Waals surface area (Å²) in [5.74, 6) is -0.284. The molecule has 0 radical (unpaired) electrons. The minimum absolute atomic E-state index is 0.284. The molecular formula is C15H32O5Si. The molecule has 0 N–H and O–H groups in total. The third-order valence-corrected chi connectivity index (χ3v) is 6.53. The fourth-order valence-corrected chi connectivity index (χ4v) is 4.65. The summed E-state index contributed by atoms with van der Waals surface area (Å²) in [6, 6.07) is 0. The molecule has 21 heavy (non-hydrogen) atoms. The van der Waals surface area contributed by atoms with Crippen LogP contribution in [0, 0.1) is 0 Å². The van der Waals surface area contributed by atoms with Crippen molar-refractivity contribution in [1.29, 1.82) is 0 Å². The van der Waals surface area contributed by atoms with Crippen LogP contribution in [0.25, 0.3) is 0 Å². The lowest BCUT2D eigenvalue weighted by Gasteiger charge is -2.32. The number of unbranched alkanes of at least 4 members (excludes halogenated alkanes) is 3. The van der Waals surface area contributed by atoms with Gasteiger partial charge in [-0.1, -0.05) is 26.2 Å². The van der Waals surface area contributed by atoms with E-state index in [9.17, 15) is 4.79 Å². The Morgan fingerprint density at radius 3 is 1.86 bits per heavy atom. The summed E-state index contributed by atoms with van der Waals surface area (Å²) in [7, 11) is -3.01. The zero-order chi connectivity index (χ0) is 16.1. The van der Waals surface area contributed by atoms with E-state index in [1.807, 2.05) is 20.8 Å². The van der Waals surface area contributed by atoms with Gasteiger partial charge in [-0.25, -0.2) is 0 Å². The van der Waals surface area contributed by atoms with Gasteiger partial charge in [-0.05, 0) is 34.1 Å². The van der Waals surface area contributed by atoms with Crippen molar-refractivity contribution in [3.05, 3.63) is 0 Å². The van der Waals surface area contributed by atoms with E-state index in [-0.39, 0.29) is 5.97 Å². The highest BCUT2D eigenvalue weighted by Gasteiger charge is 2.51. The Kier molecular flexibility index (Phi) is 11.9. The first kappa shape index (κ1) is 20.6. The SMILES string of the molecule is CCCCCCOC(=O)C(C)[Si](OCC)(OCC)OCC. The van der Waals surface area contributed by atoms with Crippen molar-refractivity contribution in [3.8, 4) is 0 Å². The number of carbonyl (C=O) groups excluding carboxylic acids is 1. The molecule has 0 heterocycles. The number of rotatable bonds is 13. The van der Waals surface area contributed by atoms with Gasteiger partial charge in [-0.3, -0.25) is 4.79 Å². The fraction of sp³-hybridized carbons (Fsp3) is 0.933. The van der Waals surface area contributed by atoms with Crippen LogP contribution in [0.3, 0.4) is 0 Å². The van der Waals surface area contributed by atoms with Gasteiger partial charge >= 0.3 is 14.8 Å². The summed E-state index contributed by atoms with van der Waals surface area (Å²) in [6.45, 7) is 11.4. The lowest BCUT2D eigenvalue weighted by atomic mass is 10.2. The van der Waals surface area contributed by atoms with Crippen LogP contribution in [0.1, 0.15) is 60.3 Å². The van der Waals surface area contributed by atoms with Gasteiger partial charge in [0.2, 0.25) is 0 Å². The molecule has 0 fully saturated rings. The smallest absolute Gasteiger partial charge is 0.465 e. The maximum Gasteiger partial charge on any atom is 0.515 e. The Bertz CT molecular complexity index is 256. The first-order valence-electron chi connectivity index (χ1n) is 8.16. The van der Waals surface area contributed by atoms with Gasteiger partial charge in [0.25, 0.3) is 0 Å². The van der Waals surface area contributed by atoms with E-state index < -0.39 is 14.3 Å². The second-order valence-corrected chi connectivity index (χ2v) is 7.79. The van der Waals surface area contributed by atoms with E-state index in [1.165, 1.54) is 12.8 Å². The second-order valence-electron chi connectivity index (χ2n) is 4.85. The molecule has 0 bridgehead atoms. The van der Waals surface area contributed by atoms with E-state index >= 15 is 0 Å². The molecule has 0 rings (SSSR count). The Morgan fingerprint density at radius 1 is 0.905 bits per heavy atom. The second kappa shape index (κ2) is 12.1. The maximum atomic E-state index is 12.2. The standard InChI is InChI=1S/C15H32O5Si/c1-6-10-11-12-13-17-15(16)14(5)21(18-7-2,19-8-3)20-9-4/h14H,6-13H2,1-5H3. The van der Waals surface area contributed by atoms with Gasteiger partial charge < -0.3 is 18.0 Å². The molecule has 0 aliphatic heterocycles. The molecule has 0 aliphatic carbocycles. The molecule has 1 atom stereocenters. The predicted octanol–water partition coefficient (Wildman–Crippen LogP) is 3.55. The van der Waals surface area contributed by atoms with E-state index in [0.29, 0.717) is 26.4 Å². The Labute approximate surface area is 130 Å². The van der Waals surface area contributed by atoms with Crippen molar-refractivity contribution in [2.24, 2.45) is 0 Å². The van der Waals surface area contributed by atoms with Gasteiger partial charge in [-0.2, -0.15) is 0 Å². The number of hydrogen-bond acceptors (Lipinski definition) is 5.